The number of carbonyl (C=O) groups is 1. The maximum absolute atomic E-state index is 11.9. The Bertz CT molecular complexity index is 402. The Morgan fingerprint density at radius 1 is 1.12 bits per heavy atom. The van der Waals surface area contributed by atoms with Gasteiger partial charge in [-0.05, 0) is 68.1 Å². The quantitative estimate of drug-likeness (QED) is 0.698. The maximum atomic E-state index is 11.9. The fourth-order valence-electron chi connectivity index (χ4n) is 6.48. The molecule has 4 aliphatic carbocycles. The van der Waals surface area contributed by atoms with Gasteiger partial charge in [0.2, 0.25) is 0 Å². The molecule has 1 saturated heterocycles. The lowest BCUT2D eigenvalue weighted by Crippen LogP contribution is -2.77. The predicted octanol–water partition coefficient (Wildman–Crippen LogP) is 3.28. The molecule has 5 unspecified atom stereocenters. The Labute approximate surface area is 107 Å². The average Bonchev–Trinajstić information content (AvgIpc) is 2.89. The molecule has 1 heterocycles. The van der Waals surface area contributed by atoms with E-state index in [0.29, 0.717) is 5.41 Å². The Balaban J connectivity index is 1.54. The predicted molar refractivity (Wildman–Crippen MR) is 68.9 cm³/mol. The second-order valence-electron chi connectivity index (χ2n) is 7.32. The normalized spacial score (nSPS) is 66.2. The van der Waals surface area contributed by atoms with E-state index in [2.05, 4.69) is 11.8 Å². The summed E-state index contributed by atoms with van der Waals surface area (Å²) in [6, 6.07) is 0. The van der Waals surface area contributed by atoms with Gasteiger partial charge in [0.1, 0.15) is 6.29 Å². The van der Waals surface area contributed by atoms with E-state index < -0.39 is 0 Å². The van der Waals surface area contributed by atoms with E-state index in [9.17, 15) is 4.79 Å². The van der Waals surface area contributed by atoms with Crippen molar-refractivity contribution in [3.05, 3.63) is 0 Å². The van der Waals surface area contributed by atoms with Crippen molar-refractivity contribution >= 4 is 18.0 Å². The van der Waals surface area contributed by atoms with Crippen LogP contribution in [0.15, 0.2) is 0 Å². The Morgan fingerprint density at radius 2 is 2.06 bits per heavy atom. The van der Waals surface area contributed by atoms with Gasteiger partial charge in [0, 0.05) is 15.9 Å². The minimum Gasteiger partial charge on any atom is -0.303 e. The van der Waals surface area contributed by atoms with Crippen LogP contribution >= 0.6 is 11.8 Å². The first kappa shape index (κ1) is 9.89. The molecule has 1 spiro atoms. The molecule has 92 valence electrons. The van der Waals surface area contributed by atoms with Crippen LogP contribution < -0.4 is 0 Å². The van der Waals surface area contributed by atoms with Gasteiger partial charge in [-0.3, -0.25) is 0 Å². The summed E-state index contributed by atoms with van der Waals surface area (Å²) in [7, 11) is 0. The van der Waals surface area contributed by atoms with Crippen molar-refractivity contribution in [2.75, 3.05) is 0 Å². The van der Waals surface area contributed by atoms with Crippen molar-refractivity contribution < 1.29 is 4.79 Å². The largest absolute Gasteiger partial charge is 0.303 e. The van der Waals surface area contributed by atoms with Gasteiger partial charge < -0.3 is 4.79 Å². The van der Waals surface area contributed by atoms with E-state index in [1.165, 1.54) is 51.2 Å². The first-order valence-corrected chi connectivity index (χ1v) is 8.36. The number of thioether (sulfide) groups is 1. The average molecular weight is 248 g/mol. The van der Waals surface area contributed by atoms with E-state index >= 15 is 0 Å². The number of hydrogen-bond donors (Lipinski definition) is 0. The van der Waals surface area contributed by atoms with E-state index in [0.717, 1.165) is 28.3 Å². The lowest BCUT2D eigenvalue weighted by atomic mass is 9.24. The van der Waals surface area contributed by atoms with Gasteiger partial charge in [-0.25, -0.2) is 0 Å². The summed E-state index contributed by atoms with van der Waals surface area (Å²) in [5.74, 6) is 2.80. The second-order valence-corrected chi connectivity index (χ2v) is 8.77. The van der Waals surface area contributed by atoms with Crippen LogP contribution in [0, 0.1) is 28.6 Å². The zero-order valence-corrected chi connectivity index (χ0v) is 11.0. The van der Waals surface area contributed by atoms with Gasteiger partial charge in [-0.2, -0.15) is 11.8 Å². The van der Waals surface area contributed by atoms with Crippen molar-refractivity contribution in [2.24, 2.45) is 28.6 Å². The number of rotatable bonds is 2. The summed E-state index contributed by atoms with van der Waals surface area (Å²) in [5.41, 5.74) is 0.681. The highest BCUT2D eigenvalue weighted by Crippen LogP contribution is 2.84. The smallest absolute Gasteiger partial charge is 0.127 e. The minimum atomic E-state index is 0.142. The molecule has 0 aromatic heterocycles. The molecule has 0 radical (unpaired) electrons. The molecule has 2 heteroatoms. The first-order chi connectivity index (χ1) is 8.30. The molecule has 7 atom stereocenters. The van der Waals surface area contributed by atoms with E-state index in [4.69, 9.17) is 0 Å². The van der Waals surface area contributed by atoms with Crippen LogP contribution in [0.25, 0.3) is 0 Å². The van der Waals surface area contributed by atoms with Crippen molar-refractivity contribution in [1.29, 1.82) is 0 Å². The molecule has 0 amide bonds. The van der Waals surface area contributed by atoms with Crippen molar-refractivity contribution in [1.82, 2.24) is 0 Å². The van der Waals surface area contributed by atoms with E-state index in [-0.39, 0.29) is 5.41 Å². The number of carbonyl (C=O) groups excluding carboxylic acids is 1. The Morgan fingerprint density at radius 3 is 2.53 bits per heavy atom. The van der Waals surface area contributed by atoms with Crippen LogP contribution in [0.3, 0.4) is 0 Å². The van der Waals surface area contributed by atoms with Gasteiger partial charge in [-0.1, -0.05) is 0 Å². The molecule has 5 fully saturated rings. The number of aldehydes is 1. The van der Waals surface area contributed by atoms with Gasteiger partial charge in [0.05, 0.1) is 0 Å². The molecule has 0 N–H and O–H groups in total. The first-order valence-electron chi connectivity index (χ1n) is 7.42. The summed E-state index contributed by atoms with van der Waals surface area (Å²) in [6.45, 7) is 0. The summed E-state index contributed by atoms with van der Waals surface area (Å²) in [6.07, 6.45) is 11.2. The molecule has 5 aliphatic rings. The summed E-state index contributed by atoms with van der Waals surface area (Å²) < 4.78 is 0. The highest BCUT2D eigenvalue weighted by atomic mass is 32.2. The molecular formula is C15H20OS. The third kappa shape index (κ3) is 0.819. The van der Waals surface area contributed by atoms with Gasteiger partial charge >= 0.3 is 0 Å². The summed E-state index contributed by atoms with van der Waals surface area (Å²) in [5, 5.41) is 1.63. The minimum absolute atomic E-state index is 0.142. The van der Waals surface area contributed by atoms with Gasteiger partial charge in [0.15, 0.2) is 0 Å². The monoisotopic (exact) mass is 248 g/mol. The van der Waals surface area contributed by atoms with Crippen LogP contribution in [0.2, 0.25) is 0 Å². The van der Waals surface area contributed by atoms with Crippen LogP contribution in [0.5, 0.6) is 0 Å². The molecule has 1 aliphatic heterocycles. The fourth-order valence-corrected chi connectivity index (χ4v) is 8.61. The highest BCUT2D eigenvalue weighted by molar-refractivity contribution is 8.00. The van der Waals surface area contributed by atoms with Crippen LogP contribution in [0.4, 0.5) is 0 Å². The van der Waals surface area contributed by atoms with Gasteiger partial charge in [0.25, 0.3) is 0 Å². The van der Waals surface area contributed by atoms with E-state index in [1.807, 2.05) is 0 Å². The summed E-state index contributed by atoms with van der Waals surface area (Å²) in [4.78, 5) is 11.9. The third-order valence-corrected chi connectivity index (χ3v) is 9.21. The molecule has 4 saturated carbocycles. The number of hydrogen-bond acceptors (Lipinski definition) is 2. The molecule has 5 rings (SSSR count). The van der Waals surface area contributed by atoms with Crippen LogP contribution in [-0.4, -0.2) is 16.8 Å². The SMILES string of the molecule is O=C[C@]1(C2SC3CCC2C3)CC2CC3CC[C@]321. The molecule has 0 aromatic rings. The summed E-state index contributed by atoms with van der Waals surface area (Å²) >= 11 is 2.21. The molecular weight excluding hydrogens is 228 g/mol. The van der Waals surface area contributed by atoms with Crippen LogP contribution in [0.1, 0.15) is 44.9 Å². The second kappa shape index (κ2) is 2.79. The van der Waals surface area contributed by atoms with Gasteiger partial charge in [-0.15, -0.1) is 0 Å². The fraction of sp³-hybridized carbons (Fsp3) is 0.933. The molecule has 1 nitrogen and oxygen atoms in total. The Hall–Kier alpha value is 0.0200. The third-order valence-electron chi connectivity index (χ3n) is 7.29. The molecule has 17 heavy (non-hydrogen) atoms. The topological polar surface area (TPSA) is 17.1 Å². The number of fused-ring (bicyclic) bond motifs is 2. The van der Waals surface area contributed by atoms with E-state index in [1.54, 1.807) is 0 Å². The lowest BCUT2D eigenvalue weighted by molar-refractivity contribution is -0.301. The van der Waals surface area contributed by atoms with Crippen LogP contribution in [-0.2, 0) is 4.79 Å². The standard InChI is InChI=1S/C15H20OS/c16-8-14(13-9-1-2-12(5-9)17-13)7-11-6-10-3-4-15(10,11)14/h8-13H,1-7H2/t9?,10?,11?,12?,13?,14-,15-/m0/s1. The highest BCUT2D eigenvalue weighted by Gasteiger charge is 2.80. The van der Waals surface area contributed by atoms with Crippen molar-refractivity contribution in [3.8, 4) is 0 Å². The zero-order valence-electron chi connectivity index (χ0n) is 10.2. The maximum Gasteiger partial charge on any atom is 0.127 e. The Kier molecular flexibility index (Phi) is 1.62. The molecule has 2 bridgehead atoms. The zero-order chi connectivity index (χ0) is 11.3. The van der Waals surface area contributed by atoms with Crippen molar-refractivity contribution in [3.63, 3.8) is 0 Å². The molecule has 0 aromatic carbocycles. The lowest BCUT2D eigenvalue weighted by Gasteiger charge is -2.80. The van der Waals surface area contributed by atoms with Crippen molar-refractivity contribution in [2.45, 2.75) is 55.4 Å².